The van der Waals surface area contributed by atoms with Gasteiger partial charge in [0, 0.05) is 17.7 Å². The lowest BCUT2D eigenvalue weighted by Crippen LogP contribution is -2.23. The lowest BCUT2D eigenvalue weighted by atomic mass is 9.98. The van der Waals surface area contributed by atoms with Gasteiger partial charge in [-0.25, -0.2) is 9.78 Å². The van der Waals surface area contributed by atoms with Crippen molar-refractivity contribution in [1.29, 1.82) is 0 Å². The van der Waals surface area contributed by atoms with E-state index in [1.807, 2.05) is 16.0 Å². The average Bonchev–Trinajstić information content (AvgIpc) is 3.17. The molecule has 2 aromatic rings. The topological polar surface area (TPSA) is 43.6 Å². The van der Waals surface area contributed by atoms with Crippen LogP contribution < -0.4 is 0 Å². The summed E-state index contributed by atoms with van der Waals surface area (Å²) in [5.41, 5.74) is 0.720. The van der Waals surface area contributed by atoms with E-state index in [4.69, 9.17) is 16.3 Å². The summed E-state index contributed by atoms with van der Waals surface area (Å²) in [6.07, 6.45) is 9.91. The molecule has 2 saturated carbocycles. The van der Waals surface area contributed by atoms with Crippen molar-refractivity contribution in [2.45, 2.75) is 31.8 Å². The van der Waals surface area contributed by atoms with Crippen molar-refractivity contribution < 1.29 is 9.53 Å². The molecule has 2 aliphatic rings. The van der Waals surface area contributed by atoms with E-state index in [0.717, 1.165) is 23.0 Å². The van der Waals surface area contributed by atoms with Crippen LogP contribution in [0.1, 0.15) is 31.4 Å². The average molecular weight is 323 g/mol. The quantitative estimate of drug-likeness (QED) is 0.638. The van der Waals surface area contributed by atoms with Gasteiger partial charge in [-0.05, 0) is 43.6 Å². The lowest BCUT2D eigenvalue weighted by Gasteiger charge is -2.20. The Morgan fingerprint density at radius 3 is 3.14 bits per heavy atom. The van der Waals surface area contributed by atoms with Crippen LogP contribution in [0.15, 0.2) is 17.7 Å². The summed E-state index contributed by atoms with van der Waals surface area (Å²) >= 11 is 7.59. The Hall–Kier alpha value is -1.33. The van der Waals surface area contributed by atoms with Crippen molar-refractivity contribution in [3.8, 4) is 0 Å². The summed E-state index contributed by atoms with van der Waals surface area (Å²) in [6, 6.07) is 0. The molecule has 4 rings (SSSR count). The van der Waals surface area contributed by atoms with Gasteiger partial charge >= 0.3 is 5.97 Å². The molecule has 2 fully saturated rings. The van der Waals surface area contributed by atoms with Crippen LogP contribution in [-0.2, 0) is 9.53 Å². The van der Waals surface area contributed by atoms with E-state index >= 15 is 0 Å². The van der Waals surface area contributed by atoms with Gasteiger partial charge in [-0.3, -0.25) is 4.40 Å². The van der Waals surface area contributed by atoms with E-state index < -0.39 is 0 Å². The maximum atomic E-state index is 12.0. The Kier molecular flexibility index (Phi) is 3.27. The molecule has 0 N–H and O–H groups in total. The molecule has 4 nitrogen and oxygen atoms in total. The van der Waals surface area contributed by atoms with Gasteiger partial charge < -0.3 is 4.74 Å². The zero-order valence-electron chi connectivity index (χ0n) is 11.4. The Morgan fingerprint density at radius 2 is 2.38 bits per heavy atom. The third kappa shape index (κ3) is 2.38. The molecule has 2 aliphatic carbocycles. The minimum Gasteiger partial charge on any atom is -0.459 e. The molecule has 110 valence electrons. The summed E-state index contributed by atoms with van der Waals surface area (Å²) in [4.78, 5) is 17.0. The minimum absolute atomic E-state index is 0.114. The Morgan fingerprint density at radius 1 is 1.48 bits per heavy atom. The number of esters is 1. The first kappa shape index (κ1) is 13.3. The van der Waals surface area contributed by atoms with Crippen molar-refractivity contribution >= 4 is 39.9 Å². The molecule has 0 spiro atoms. The number of ether oxygens (including phenoxy) is 1. The molecule has 3 atom stereocenters. The number of imidazole rings is 1. The highest BCUT2D eigenvalue weighted by Gasteiger charge is 2.41. The molecule has 2 heterocycles. The maximum Gasteiger partial charge on any atom is 0.331 e. The molecule has 0 amide bonds. The number of halogens is 1. The second-order valence-electron chi connectivity index (χ2n) is 5.83. The van der Waals surface area contributed by atoms with Crippen molar-refractivity contribution in [1.82, 2.24) is 9.38 Å². The summed E-state index contributed by atoms with van der Waals surface area (Å²) in [7, 11) is 0. The molecule has 0 radical (unpaired) electrons. The van der Waals surface area contributed by atoms with Crippen molar-refractivity contribution in [3.05, 3.63) is 28.5 Å². The highest BCUT2D eigenvalue weighted by atomic mass is 35.5. The highest BCUT2D eigenvalue weighted by molar-refractivity contribution is 7.15. The van der Waals surface area contributed by atoms with E-state index in [2.05, 4.69) is 4.98 Å². The van der Waals surface area contributed by atoms with Crippen LogP contribution in [0.5, 0.6) is 0 Å². The van der Waals surface area contributed by atoms with Gasteiger partial charge in [-0.1, -0.05) is 11.6 Å². The monoisotopic (exact) mass is 322 g/mol. The molecule has 21 heavy (non-hydrogen) atoms. The Bertz CT molecular complexity index is 720. The van der Waals surface area contributed by atoms with Gasteiger partial charge in [0.1, 0.15) is 6.10 Å². The molecule has 6 heteroatoms. The van der Waals surface area contributed by atoms with E-state index in [0.29, 0.717) is 11.1 Å². The summed E-state index contributed by atoms with van der Waals surface area (Å²) in [6.45, 7) is 0. The fraction of sp³-hybridized carbons (Fsp3) is 0.467. The van der Waals surface area contributed by atoms with E-state index in [1.165, 1.54) is 36.7 Å². The zero-order valence-corrected chi connectivity index (χ0v) is 12.9. The Balaban J connectivity index is 1.46. The lowest BCUT2D eigenvalue weighted by molar-refractivity contribution is -0.145. The highest BCUT2D eigenvalue weighted by Crippen LogP contribution is 2.45. The van der Waals surface area contributed by atoms with E-state index in [9.17, 15) is 4.79 Å². The summed E-state index contributed by atoms with van der Waals surface area (Å²) in [5, 5.41) is 2.34. The van der Waals surface area contributed by atoms with Gasteiger partial charge in [0.2, 0.25) is 0 Å². The predicted molar refractivity (Wildman–Crippen MR) is 82.4 cm³/mol. The molecular weight excluding hydrogens is 308 g/mol. The molecule has 2 bridgehead atoms. The molecule has 0 aromatic carbocycles. The zero-order chi connectivity index (χ0) is 14.4. The van der Waals surface area contributed by atoms with Crippen LogP contribution in [0.2, 0.25) is 5.15 Å². The van der Waals surface area contributed by atoms with Crippen molar-refractivity contribution in [2.24, 2.45) is 11.8 Å². The third-order valence-corrected chi connectivity index (χ3v) is 5.61. The fourth-order valence-electron chi connectivity index (χ4n) is 3.59. The third-order valence-electron chi connectivity index (χ3n) is 4.57. The van der Waals surface area contributed by atoms with E-state index in [-0.39, 0.29) is 12.1 Å². The number of carbonyl (C=O) groups excluding carboxylic acids is 1. The number of aromatic nitrogens is 2. The second-order valence-corrected chi connectivity index (χ2v) is 7.06. The Labute approximate surface area is 131 Å². The van der Waals surface area contributed by atoms with Gasteiger partial charge in [0.05, 0.1) is 5.69 Å². The van der Waals surface area contributed by atoms with Crippen LogP contribution in [0, 0.1) is 11.8 Å². The maximum absolute atomic E-state index is 12.0. The summed E-state index contributed by atoms with van der Waals surface area (Å²) < 4.78 is 7.45. The number of hydrogen-bond donors (Lipinski definition) is 0. The largest absolute Gasteiger partial charge is 0.459 e. The molecule has 0 aliphatic heterocycles. The smallest absolute Gasteiger partial charge is 0.331 e. The van der Waals surface area contributed by atoms with Crippen LogP contribution in [0.3, 0.4) is 0 Å². The van der Waals surface area contributed by atoms with Crippen LogP contribution in [0.25, 0.3) is 11.0 Å². The summed E-state index contributed by atoms with van der Waals surface area (Å²) in [5.74, 6) is 1.06. The normalized spacial score (nSPS) is 28.0. The van der Waals surface area contributed by atoms with Crippen LogP contribution >= 0.6 is 22.9 Å². The van der Waals surface area contributed by atoms with Gasteiger partial charge in [0.25, 0.3) is 0 Å². The van der Waals surface area contributed by atoms with Crippen LogP contribution in [-0.4, -0.2) is 21.5 Å². The second kappa shape index (κ2) is 5.14. The molecule has 2 aromatic heterocycles. The number of thiazole rings is 1. The fourth-order valence-corrected chi connectivity index (χ4v) is 4.60. The number of hydrogen-bond acceptors (Lipinski definition) is 4. The number of nitrogens with zero attached hydrogens (tertiary/aromatic N) is 2. The van der Waals surface area contributed by atoms with Crippen LogP contribution in [0.4, 0.5) is 0 Å². The van der Waals surface area contributed by atoms with E-state index in [1.54, 1.807) is 6.08 Å². The minimum atomic E-state index is -0.284. The van der Waals surface area contributed by atoms with Crippen molar-refractivity contribution in [3.63, 3.8) is 0 Å². The number of carbonyl (C=O) groups is 1. The first-order valence-corrected chi connectivity index (χ1v) is 8.46. The molecular formula is C15H15ClN2O2S. The number of rotatable bonds is 3. The molecule has 3 unspecified atom stereocenters. The first-order chi connectivity index (χ1) is 10.2. The van der Waals surface area contributed by atoms with Crippen molar-refractivity contribution in [2.75, 3.05) is 0 Å². The van der Waals surface area contributed by atoms with Gasteiger partial charge in [0.15, 0.2) is 10.1 Å². The molecule has 0 saturated heterocycles. The first-order valence-electron chi connectivity index (χ1n) is 7.20. The predicted octanol–water partition coefficient (Wildman–Crippen LogP) is 3.79. The van der Waals surface area contributed by atoms with Gasteiger partial charge in [-0.2, -0.15) is 0 Å². The standard InChI is InChI=1S/C15H15ClN2O2S/c16-14-11(18-5-6-21-15(18)17-14)3-4-13(19)20-12-8-9-1-2-10(12)7-9/h3-6,9-10,12H,1-2,7-8H2/b4-3+. The number of fused-ring (bicyclic) bond motifs is 3. The van der Waals surface area contributed by atoms with Gasteiger partial charge in [-0.15, -0.1) is 11.3 Å². The SMILES string of the molecule is O=C(/C=C/c1c(Cl)nc2sccn12)OC1CC2CCC1C2.